The van der Waals surface area contributed by atoms with Crippen LogP contribution in [0.3, 0.4) is 0 Å². The molecule has 33 heavy (non-hydrogen) atoms. The number of carbonyl (C=O) groups excluding carboxylic acids is 1. The molecule has 1 atom stereocenters. The molecule has 2 aromatic rings. The topological polar surface area (TPSA) is 107 Å². The van der Waals surface area contributed by atoms with Gasteiger partial charge < -0.3 is 25.2 Å². The zero-order valence-corrected chi connectivity index (χ0v) is 19.2. The van der Waals surface area contributed by atoms with Crippen molar-refractivity contribution in [2.75, 3.05) is 31.1 Å². The van der Waals surface area contributed by atoms with E-state index in [1.807, 2.05) is 30.9 Å². The first-order valence-electron chi connectivity index (χ1n) is 11.5. The summed E-state index contributed by atoms with van der Waals surface area (Å²) in [5, 5.41) is 6.28. The lowest BCUT2D eigenvalue weighted by Crippen LogP contribution is -2.34. The van der Waals surface area contributed by atoms with Crippen molar-refractivity contribution in [2.24, 2.45) is 11.7 Å². The number of hydrogen-bond acceptors (Lipinski definition) is 7. The van der Waals surface area contributed by atoms with E-state index in [2.05, 4.69) is 15.5 Å². The van der Waals surface area contributed by atoms with Crippen LogP contribution in [0, 0.1) is 12.8 Å². The van der Waals surface area contributed by atoms with Crippen LogP contribution in [0.15, 0.2) is 22.7 Å². The quantitative estimate of drug-likeness (QED) is 0.485. The van der Waals surface area contributed by atoms with E-state index in [1.54, 1.807) is 6.07 Å². The average Bonchev–Trinajstić information content (AvgIpc) is 3.28. The number of piperidine rings is 1. The molecule has 1 aromatic heterocycles. The van der Waals surface area contributed by atoms with Crippen molar-refractivity contribution in [2.45, 2.75) is 58.4 Å². The molecule has 8 nitrogen and oxygen atoms in total. The molecule has 1 aromatic carbocycles. The molecule has 1 amide bonds. The molecule has 182 valence electrons. The number of nitrogens with one attached hydrogen (secondary N) is 1. The third-order valence-electron chi connectivity index (χ3n) is 5.96. The predicted octanol–water partition coefficient (Wildman–Crippen LogP) is 3.86. The van der Waals surface area contributed by atoms with Crippen LogP contribution in [0.1, 0.15) is 67.2 Å². The van der Waals surface area contributed by atoms with Crippen LogP contribution in [0.2, 0.25) is 0 Å². The lowest BCUT2D eigenvalue weighted by molar-refractivity contribution is 0.0938. The summed E-state index contributed by atoms with van der Waals surface area (Å²) in [7, 11) is 0. The van der Waals surface area contributed by atoms with Gasteiger partial charge in [0.05, 0.1) is 6.61 Å². The van der Waals surface area contributed by atoms with Crippen LogP contribution < -0.4 is 20.7 Å². The number of benzene rings is 1. The van der Waals surface area contributed by atoms with Crippen LogP contribution >= 0.6 is 0 Å². The fraction of sp³-hybridized carbons (Fsp3) is 0.609. The molecule has 0 saturated carbocycles. The van der Waals surface area contributed by atoms with Crippen molar-refractivity contribution >= 4 is 11.9 Å². The minimum absolute atomic E-state index is 0.0341. The predicted molar refractivity (Wildman–Crippen MR) is 121 cm³/mol. The van der Waals surface area contributed by atoms with E-state index in [-0.39, 0.29) is 18.0 Å². The second-order valence-corrected chi connectivity index (χ2v) is 8.59. The minimum Gasteiger partial charge on any atom is -0.494 e. The van der Waals surface area contributed by atoms with Gasteiger partial charge in [-0.05, 0) is 82.2 Å². The van der Waals surface area contributed by atoms with Crippen LogP contribution in [-0.2, 0) is 0 Å². The molecule has 2 heterocycles. The second kappa shape index (κ2) is 11.9. The van der Waals surface area contributed by atoms with E-state index in [4.69, 9.17) is 15.0 Å². The maximum atomic E-state index is 12.6. The number of amides is 1. The molecule has 0 unspecified atom stereocenters. The van der Waals surface area contributed by atoms with Gasteiger partial charge in [0.2, 0.25) is 5.82 Å². The molecule has 10 heteroatoms. The largest absolute Gasteiger partial charge is 0.494 e. The van der Waals surface area contributed by atoms with Crippen LogP contribution in [0.5, 0.6) is 5.75 Å². The number of anilines is 1. The number of nitrogens with zero attached hydrogens (tertiary/aromatic N) is 3. The summed E-state index contributed by atoms with van der Waals surface area (Å²) in [5.41, 5.74) is 7.05. The number of halogens is 2. The highest BCUT2D eigenvalue weighted by Crippen LogP contribution is 2.27. The van der Waals surface area contributed by atoms with Crippen molar-refractivity contribution in [3.8, 4) is 5.75 Å². The summed E-state index contributed by atoms with van der Waals surface area (Å²) in [6.45, 7) is 6.39. The maximum Gasteiger partial charge on any atom is 0.324 e. The van der Waals surface area contributed by atoms with Crippen LogP contribution in [0.4, 0.5) is 14.8 Å². The Kier molecular flexibility index (Phi) is 8.99. The Morgan fingerprint density at radius 2 is 2.12 bits per heavy atom. The van der Waals surface area contributed by atoms with Gasteiger partial charge in [-0.15, -0.1) is 0 Å². The van der Waals surface area contributed by atoms with Crippen molar-refractivity contribution in [1.29, 1.82) is 0 Å². The highest BCUT2D eigenvalue weighted by Gasteiger charge is 2.24. The third-order valence-corrected chi connectivity index (χ3v) is 5.96. The molecule has 1 aliphatic rings. The number of carbonyl (C=O) groups is 1. The zero-order chi connectivity index (χ0) is 23.8. The number of alkyl halides is 2. The summed E-state index contributed by atoms with van der Waals surface area (Å²) in [4.78, 5) is 18.0. The number of aryl methyl sites for hydroxylation is 1. The Bertz CT molecular complexity index is 900. The van der Waals surface area contributed by atoms with Gasteiger partial charge in [0, 0.05) is 24.7 Å². The second-order valence-electron chi connectivity index (χ2n) is 8.59. The fourth-order valence-corrected chi connectivity index (χ4v) is 4.02. The summed E-state index contributed by atoms with van der Waals surface area (Å²) in [6, 6.07) is 5.72. The average molecular weight is 466 g/mol. The van der Waals surface area contributed by atoms with Crippen molar-refractivity contribution in [3.05, 3.63) is 35.2 Å². The Morgan fingerprint density at radius 1 is 1.36 bits per heavy atom. The Balaban J connectivity index is 1.37. The maximum absolute atomic E-state index is 12.6. The number of ether oxygens (including phenoxy) is 1. The van der Waals surface area contributed by atoms with Gasteiger partial charge in [-0.2, -0.15) is 4.98 Å². The first kappa shape index (κ1) is 24.9. The molecular weight excluding hydrogens is 432 g/mol. The number of hydrogen-bond donors (Lipinski definition) is 2. The van der Waals surface area contributed by atoms with E-state index in [0.29, 0.717) is 37.7 Å². The lowest BCUT2D eigenvalue weighted by Gasteiger charge is -2.30. The van der Waals surface area contributed by atoms with Crippen molar-refractivity contribution < 1.29 is 22.8 Å². The van der Waals surface area contributed by atoms with Gasteiger partial charge >= 0.3 is 12.4 Å². The van der Waals surface area contributed by atoms with Gasteiger partial charge in [-0.3, -0.25) is 4.79 Å². The molecule has 1 fully saturated rings. The van der Waals surface area contributed by atoms with E-state index in [9.17, 15) is 13.6 Å². The minimum atomic E-state index is -2.72. The van der Waals surface area contributed by atoms with Gasteiger partial charge in [0.1, 0.15) is 5.75 Å². The summed E-state index contributed by atoms with van der Waals surface area (Å²) in [5.74, 6) is 0.636. The highest BCUT2D eigenvalue weighted by molar-refractivity contribution is 5.95. The first-order chi connectivity index (χ1) is 15.9. The van der Waals surface area contributed by atoms with Gasteiger partial charge in [0.25, 0.3) is 5.91 Å². The van der Waals surface area contributed by atoms with E-state index in [0.717, 1.165) is 43.4 Å². The number of rotatable bonds is 11. The van der Waals surface area contributed by atoms with Gasteiger partial charge in [0.15, 0.2) is 0 Å². The SMILES string of the molecule is Cc1cc(OCCCC2CCN(c3nc(C(F)F)no3)CC2)ccc1C(=O)N[C@@H](C)CCN. The normalized spacial score (nSPS) is 15.6. The zero-order valence-electron chi connectivity index (χ0n) is 19.2. The van der Waals surface area contributed by atoms with E-state index in [1.165, 1.54) is 0 Å². The Hall–Kier alpha value is -2.75. The molecule has 1 aliphatic heterocycles. The number of aromatic nitrogens is 2. The Labute approximate surface area is 192 Å². The third kappa shape index (κ3) is 7.12. The lowest BCUT2D eigenvalue weighted by atomic mass is 9.92. The first-order valence-corrected chi connectivity index (χ1v) is 11.5. The molecule has 3 N–H and O–H groups in total. The fourth-order valence-electron chi connectivity index (χ4n) is 4.02. The summed E-state index contributed by atoms with van der Waals surface area (Å²) in [6.07, 6.45) is 1.84. The Morgan fingerprint density at radius 3 is 2.76 bits per heavy atom. The van der Waals surface area contributed by atoms with Crippen LogP contribution in [-0.4, -0.2) is 48.3 Å². The molecular formula is C23H33F2N5O3. The molecule has 3 rings (SSSR count). The molecule has 0 bridgehead atoms. The monoisotopic (exact) mass is 465 g/mol. The summed E-state index contributed by atoms with van der Waals surface area (Å²) < 4.78 is 36.1. The molecule has 0 spiro atoms. The molecule has 1 saturated heterocycles. The highest BCUT2D eigenvalue weighted by atomic mass is 19.3. The van der Waals surface area contributed by atoms with Gasteiger partial charge in [-0.25, -0.2) is 8.78 Å². The van der Waals surface area contributed by atoms with Crippen LogP contribution in [0.25, 0.3) is 0 Å². The summed E-state index contributed by atoms with van der Waals surface area (Å²) >= 11 is 0. The smallest absolute Gasteiger partial charge is 0.324 e. The standard InChI is InChI=1S/C23H33F2N5O3/c1-15-14-18(5-6-19(15)22(31)27-16(2)7-10-26)32-13-3-4-17-8-11-30(12-9-17)23-28-21(20(24)25)29-33-23/h5-6,14,16-17,20H,3-4,7-13,26H2,1-2H3,(H,27,31)/t16-/m0/s1. The van der Waals surface area contributed by atoms with Crippen molar-refractivity contribution in [3.63, 3.8) is 0 Å². The number of nitrogens with two attached hydrogens (primary N) is 1. The van der Waals surface area contributed by atoms with E-state index < -0.39 is 12.2 Å². The van der Waals surface area contributed by atoms with E-state index >= 15 is 0 Å². The van der Waals surface area contributed by atoms with Gasteiger partial charge in [-0.1, -0.05) is 5.16 Å². The molecule has 0 aliphatic carbocycles. The molecule has 0 radical (unpaired) electrons. The van der Waals surface area contributed by atoms with Crippen molar-refractivity contribution in [1.82, 2.24) is 15.5 Å².